The third-order valence-corrected chi connectivity index (χ3v) is 3.01. The molecule has 3 rings (SSSR count). The second kappa shape index (κ2) is 4.27. The highest BCUT2D eigenvalue weighted by molar-refractivity contribution is 6.30. The van der Waals surface area contributed by atoms with E-state index in [1.165, 1.54) is 6.33 Å². The molecule has 3 aromatic rings. The smallest absolute Gasteiger partial charge is 0.255 e. The summed E-state index contributed by atoms with van der Waals surface area (Å²) in [6.07, 6.45) is 1.45. The van der Waals surface area contributed by atoms with Crippen LogP contribution in [0.25, 0.3) is 5.78 Å². The van der Waals surface area contributed by atoms with Crippen LogP contribution in [0.3, 0.4) is 0 Å². The number of para-hydroxylation sites is 1. The Morgan fingerprint density at radius 3 is 2.78 bits per heavy atom. The molecule has 2 aromatic heterocycles. The molecule has 0 aliphatic heterocycles. The first-order valence-corrected chi connectivity index (χ1v) is 5.81. The number of nitrogens with one attached hydrogen (secondary N) is 1. The Morgan fingerprint density at radius 2 is 2.00 bits per heavy atom. The Balaban J connectivity index is 2.16. The second-order valence-corrected chi connectivity index (χ2v) is 4.20. The lowest BCUT2D eigenvalue weighted by molar-refractivity contribution is 0.936. The molecule has 6 heteroatoms. The summed E-state index contributed by atoms with van der Waals surface area (Å²) in [5.74, 6) is 1.25. The van der Waals surface area contributed by atoms with E-state index >= 15 is 0 Å². The van der Waals surface area contributed by atoms with E-state index in [1.807, 2.05) is 37.3 Å². The standard InChI is InChI=1S/C12H10ClN5/c1-8-10(13)17-12-14-7-15-18(12)11(8)16-9-5-3-2-4-6-9/h2-7,16H,1H3. The van der Waals surface area contributed by atoms with Gasteiger partial charge in [0.25, 0.3) is 5.78 Å². The SMILES string of the molecule is Cc1c(Cl)nc2ncnn2c1Nc1ccccc1. The van der Waals surface area contributed by atoms with E-state index in [0.29, 0.717) is 10.9 Å². The van der Waals surface area contributed by atoms with Crippen LogP contribution in [-0.2, 0) is 0 Å². The molecule has 90 valence electrons. The molecule has 1 aromatic carbocycles. The van der Waals surface area contributed by atoms with Gasteiger partial charge in [-0.3, -0.25) is 0 Å². The molecule has 0 aliphatic carbocycles. The van der Waals surface area contributed by atoms with Gasteiger partial charge in [-0.2, -0.15) is 19.6 Å². The van der Waals surface area contributed by atoms with Crippen LogP contribution in [0.1, 0.15) is 5.56 Å². The second-order valence-electron chi connectivity index (χ2n) is 3.84. The van der Waals surface area contributed by atoms with Crippen molar-refractivity contribution in [3.63, 3.8) is 0 Å². The monoisotopic (exact) mass is 259 g/mol. The fourth-order valence-electron chi connectivity index (χ4n) is 1.70. The van der Waals surface area contributed by atoms with Crippen molar-refractivity contribution in [3.8, 4) is 0 Å². The summed E-state index contributed by atoms with van der Waals surface area (Å²) in [6, 6.07) is 9.81. The Bertz CT molecular complexity index is 692. The van der Waals surface area contributed by atoms with Gasteiger partial charge in [0.1, 0.15) is 17.3 Å². The molecule has 2 heterocycles. The zero-order valence-electron chi connectivity index (χ0n) is 9.63. The molecular formula is C12H10ClN5. The summed E-state index contributed by atoms with van der Waals surface area (Å²) in [6.45, 7) is 1.89. The molecule has 5 nitrogen and oxygen atoms in total. The van der Waals surface area contributed by atoms with Crippen molar-refractivity contribution in [3.05, 3.63) is 47.4 Å². The first-order chi connectivity index (χ1) is 8.75. The highest BCUT2D eigenvalue weighted by atomic mass is 35.5. The molecule has 18 heavy (non-hydrogen) atoms. The normalized spacial score (nSPS) is 10.8. The lowest BCUT2D eigenvalue weighted by atomic mass is 10.3. The molecular weight excluding hydrogens is 250 g/mol. The van der Waals surface area contributed by atoms with Crippen LogP contribution in [0, 0.1) is 6.92 Å². The van der Waals surface area contributed by atoms with Crippen LogP contribution in [-0.4, -0.2) is 19.6 Å². The first-order valence-electron chi connectivity index (χ1n) is 5.43. The summed E-state index contributed by atoms with van der Waals surface area (Å²) < 4.78 is 1.63. The van der Waals surface area contributed by atoms with Crippen molar-refractivity contribution >= 4 is 28.9 Å². The van der Waals surface area contributed by atoms with Gasteiger partial charge in [0, 0.05) is 11.3 Å². The Hall–Kier alpha value is -2.14. The van der Waals surface area contributed by atoms with Crippen LogP contribution in [0.4, 0.5) is 11.5 Å². The maximum atomic E-state index is 6.08. The average Bonchev–Trinajstić information content (AvgIpc) is 2.84. The van der Waals surface area contributed by atoms with Crippen molar-refractivity contribution < 1.29 is 0 Å². The fourth-order valence-corrected chi connectivity index (χ4v) is 1.87. The lowest BCUT2D eigenvalue weighted by Gasteiger charge is -2.11. The highest BCUT2D eigenvalue weighted by Crippen LogP contribution is 2.25. The third-order valence-electron chi connectivity index (χ3n) is 2.64. The Labute approximate surface area is 108 Å². The topological polar surface area (TPSA) is 55.1 Å². The van der Waals surface area contributed by atoms with Gasteiger partial charge in [-0.25, -0.2) is 0 Å². The van der Waals surface area contributed by atoms with Gasteiger partial charge in [0.2, 0.25) is 0 Å². The van der Waals surface area contributed by atoms with Gasteiger partial charge in [-0.05, 0) is 19.1 Å². The van der Waals surface area contributed by atoms with Crippen molar-refractivity contribution in [1.82, 2.24) is 19.6 Å². The van der Waals surface area contributed by atoms with E-state index in [-0.39, 0.29) is 0 Å². The van der Waals surface area contributed by atoms with Gasteiger partial charge in [0.05, 0.1) is 0 Å². The number of benzene rings is 1. The molecule has 0 saturated carbocycles. The maximum absolute atomic E-state index is 6.08. The number of nitrogens with zero attached hydrogens (tertiary/aromatic N) is 4. The summed E-state index contributed by atoms with van der Waals surface area (Å²) in [5, 5.41) is 7.84. The van der Waals surface area contributed by atoms with Gasteiger partial charge >= 0.3 is 0 Å². The van der Waals surface area contributed by atoms with E-state index in [0.717, 1.165) is 17.1 Å². The Kier molecular flexibility index (Phi) is 2.60. The Morgan fingerprint density at radius 1 is 1.22 bits per heavy atom. The minimum Gasteiger partial charge on any atom is -0.340 e. The van der Waals surface area contributed by atoms with E-state index < -0.39 is 0 Å². The quantitative estimate of drug-likeness (QED) is 0.719. The number of rotatable bonds is 2. The number of aromatic nitrogens is 4. The largest absolute Gasteiger partial charge is 0.340 e. The van der Waals surface area contributed by atoms with Crippen LogP contribution < -0.4 is 5.32 Å². The lowest BCUT2D eigenvalue weighted by Crippen LogP contribution is -2.04. The highest BCUT2D eigenvalue weighted by Gasteiger charge is 2.11. The molecule has 0 aliphatic rings. The van der Waals surface area contributed by atoms with Crippen LogP contribution in [0.2, 0.25) is 5.15 Å². The van der Waals surface area contributed by atoms with Crippen molar-refractivity contribution in [2.75, 3.05) is 5.32 Å². The summed E-state index contributed by atoms with van der Waals surface area (Å²) >= 11 is 6.08. The molecule has 0 spiro atoms. The van der Waals surface area contributed by atoms with Crippen molar-refractivity contribution in [2.24, 2.45) is 0 Å². The summed E-state index contributed by atoms with van der Waals surface area (Å²) in [4.78, 5) is 8.19. The van der Waals surface area contributed by atoms with Crippen molar-refractivity contribution in [2.45, 2.75) is 6.92 Å². The van der Waals surface area contributed by atoms with Crippen LogP contribution in [0.5, 0.6) is 0 Å². The van der Waals surface area contributed by atoms with Gasteiger partial charge in [-0.1, -0.05) is 29.8 Å². The van der Waals surface area contributed by atoms with Gasteiger partial charge in [0.15, 0.2) is 0 Å². The molecule has 0 atom stereocenters. The molecule has 0 bridgehead atoms. The van der Waals surface area contributed by atoms with Gasteiger partial charge < -0.3 is 5.32 Å². The number of fused-ring (bicyclic) bond motifs is 1. The van der Waals surface area contributed by atoms with Gasteiger partial charge in [-0.15, -0.1) is 0 Å². The fraction of sp³-hybridized carbons (Fsp3) is 0.0833. The molecule has 0 amide bonds. The number of hydrogen-bond donors (Lipinski definition) is 1. The number of anilines is 2. The predicted molar refractivity (Wildman–Crippen MR) is 70.3 cm³/mol. The van der Waals surface area contributed by atoms with Crippen LogP contribution in [0.15, 0.2) is 36.7 Å². The van der Waals surface area contributed by atoms with E-state index in [4.69, 9.17) is 11.6 Å². The number of halogens is 1. The number of hydrogen-bond acceptors (Lipinski definition) is 4. The third kappa shape index (κ3) is 1.78. The zero-order chi connectivity index (χ0) is 12.5. The van der Waals surface area contributed by atoms with E-state index in [9.17, 15) is 0 Å². The van der Waals surface area contributed by atoms with Crippen molar-refractivity contribution in [1.29, 1.82) is 0 Å². The van der Waals surface area contributed by atoms with E-state index in [1.54, 1.807) is 4.52 Å². The predicted octanol–water partition coefficient (Wildman–Crippen LogP) is 2.83. The molecule has 0 unspecified atom stereocenters. The van der Waals surface area contributed by atoms with Crippen LogP contribution >= 0.6 is 11.6 Å². The molecule has 0 fully saturated rings. The zero-order valence-corrected chi connectivity index (χ0v) is 10.4. The minimum atomic E-state index is 0.425. The minimum absolute atomic E-state index is 0.425. The molecule has 0 saturated heterocycles. The summed E-state index contributed by atoms with van der Waals surface area (Å²) in [5.41, 5.74) is 1.79. The van der Waals surface area contributed by atoms with E-state index in [2.05, 4.69) is 20.4 Å². The average molecular weight is 260 g/mol. The first kappa shape index (κ1) is 11.0. The molecule has 0 radical (unpaired) electrons. The molecule has 1 N–H and O–H groups in total. The summed E-state index contributed by atoms with van der Waals surface area (Å²) in [7, 11) is 0. The maximum Gasteiger partial charge on any atom is 0.255 e.